The van der Waals surface area contributed by atoms with E-state index in [1.807, 2.05) is 6.08 Å². The number of hydrogen-bond acceptors (Lipinski definition) is 1. The summed E-state index contributed by atoms with van der Waals surface area (Å²) in [5.41, 5.74) is 4.93. The summed E-state index contributed by atoms with van der Waals surface area (Å²) in [6.07, 6.45) is 4.11. The van der Waals surface area contributed by atoms with E-state index in [9.17, 15) is 0 Å². The van der Waals surface area contributed by atoms with Gasteiger partial charge in [0.05, 0.1) is 5.69 Å². The summed E-state index contributed by atoms with van der Waals surface area (Å²) in [5, 5.41) is 0. The minimum Gasteiger partial charge on any atom is -0.264 e. The van der Waals surface area contributed by atoms with Gasteiger partial charge in [0.2, 0.25) is 0 Å². The number of rotatable bonds is 4. The second kappa shape index (κ2) is 5.31. The van der Waals surface area contributed by atoms with Gasteiger partial charge in [-0.05, 0) is 47.4 Å². The molecule has 0 spiro atoms. The number of aryl methyl sites for hydroxylation is 1. The maximum atomic E-state index is 4.10. The van der Waals surface area contributed by atoms with Crippen LogP contribution in [0.15, 0.2) is 23.7 Å². The number of hydrogen-bond donors (Lipinski definition) is 0. The molecule has 0 N–H and O–H groups in total. The molecule has 1 nitrogen and oxygen atoms in total. The van der Waals surface area contributed by atoms with Crippen molar-refractivity contribution in [2.24, 2.45) is 4.99 Å². The molecule has 0 amide bonds. The minimum atomic E-state index is 0.143. The Balaban J connectivity index is 3.45. The Hall–Kier alpha value is -1.37. The molecule has 0 fully saturated rings. The average Bonchev–Trinajstić information content (AvgIpc) is 2.27. The van der Waals surface area contributed by atoms with Gasteiger partial charge in [-0.3, -0.25) is 4.99 Å². The molecule has 1 rings (SSSR count). The third-order valence-electron chi connectivity index (χ3n) is 2.97. The molecule has 1 aromatic rings. The molecule has 0 unspecified atom stereocenters. The smallest absolute Gasteiger partial charge is 0.0697 e. The first kappa shape index (κ1) is 13.7. The zero-order valence-corrected chi connectivity index (χ0v) is 11.5. The van der Waals surface area contributed by atoms with Gasteiger partial charge < -0.3 is 0 Å². The normalized spacial score (nSPS) is 11.3. The molecule has 0 aromatic heterocycles. The van der Waals surface area contributed by atoms with Crippen LogP contribution in [0.1, 0.15) is 50.8 Å². The fourth-order valence-corrected chi connectivity index (χ4v) is 2.13. The van der Waals surface area contributed by atoms with Crippen molar-refractivity contribution in [3.63, 3.8) is 0 Å². The van der Waals surface area contributed by atoms with Crippen LogP contribution >= 0.6 is 0 Å². The van der Waals surface area contributed by atoms with Crippen LogP contribution in [0.25, 0.3) is 6.08 Å². The quantitative estimate of drug-likeness (QED) is 0.650. The Morgan fingerprint density at radius 3 is 2.35 bits per heavy atom. The van der Waals surface area contributed by atoms with Crippen LogP contribution in [-0.2, 0) is 11.8 Å². The third kappa shape index (κ3) is 3.06. The molecule has 1 heteroatoms. The number of benzene rings is 1. The third-order valence-corrected chi connectivity index (χ3v) is 2.97. The van der Waals surface area contributed by atoms with Crippen LogP contribution < -0.4 is 0 Å². The van der Waals surface area contributed by atoms with Gasteiger partial charge in [0.15, 0.2) is 0 Å². The first-order valence-electron chi connectivity index (χ1n) is 6.20. The van der Waals surface area contributed by atoms with E-state index in [2.05, 4.69) is 58.1 Å². The molecule has 0 heterocycles. The molecule has 0 saturated carbocycles. The van der Waals surface area contributed by atoms with E-state index in [-0.39, 0.29) is 5.41 Å². The van der Waals surface area contributed by atoms with Crippen molar-refractivity contribution in [2.45, 2.75) is 46.0 Å². The molecule has 0 aliphatic rings. The van der Waals surface area contributed by atoms with E-state index < -0.39 is 0 Å². The monoisotopic (exact) mass is 229 g/mol. The van der Waals surface area contributed by atoms with Crippen molar-refractivity contribution in [1.29, 1.82) is 0 Å². The Morgan fingerprint density at radius 2 is 1.94 bits per heavy atom. The molecule has 0 atom stereocenters. The zero-order valence-electron chi connectivity index (χ0n) is 11.5. The lowest BCUT2D eigenvalue weighted by Crippen LogP contribution is -2.14. The predicted octanol–water partition coefficient (Wildman–Crippen LogP) is 4.91. The van der Waals surface area contributed by atoms with Gasteiger partial charge in [-0.2, -0.15) is 0 Å². The second-order valence-electron chi connectivity index (χ2n) is 5.43. The predicted molar refractivity (Wildman–Crippen MR) is 78.4 cm³/mol. The maximum Gasteiger partial charge on any atom is 0.0697 e. The lowest BCUT2D eigenvalue weighted by molar-refractivity contribution is 0.581. The Morgan fingerprint density at radius 1 is 1.29 bits per heavy atom. The summed E-state index contributed by atoms with van der Waals surface area (Å²) < 4.78 is 0. The summed E-state index contributed by atoms with van der Waals surface area (Å²) in [6.45, 7) is 16.4. The fourth-order valence-electron chi connectivity index (χ4n) is 2.13. The second-order valence-corrected chi connectivity index (χ2v) is 5.43. The standard InChI is InChI=1S/C16H23N/c1-7-9-13-10-12(8-2)15(17-6)11-14(13)16(3,4)5/h8,10-11H,2,6-7,9H2,1,3-5H3. The Kier molecular flexibility index (Phi) is 4.28. The summed E-state index contributed by atoms with van der Waals surface area (Å²) >= 11 is 0. The topological polar surface area (TPSA) is 12.4 Å². The highest BCUT2D eigenvalue weighted by Crippen LogP contribution is 2.33. The first-order valence-corrected chi connectivity index (χ1v) is 6.20. The molecule has 0 radical (unpaired) electrons. The molecule has 0 aliphatic carbocycles. The molecule has 0 aliphatic heterocycles. The molecule has 1 aromatic carbocycles. The van der Waals surface area contributed by atoms with Crippen LogP contribution in [-0.4, -0.2) is 6.72 Å². The number of aliphatic imine (C=N–C) groups is 1. The highest BCUT2D eigenvalue weighted by atomic mass is 14.7. The van der Waals surface area contributed by atoms with Crippen LogP contribution in [0.4, 0.5) is 5.69 Å². The Labute approximate surface area is 105 Å². The van der Waals surface area contributed by atoms with Gasteiger partial charge in [-0.1, -0.05) is 46.8 Å². The van der Waals surface area contributed by atoms with Crippen LogP contribution in [0.5, 0.6) is 0 Å². The average molecular weight is 229 g/mol. The largest absolute Gasteiger partial charge is 0.264 e. The molecular weight excluding hydrogens is 206 g/mol. The lowest BCUT2D eigenvalue weighted by Gasteiger charge is -2.24. The van der Waals surface area contributed by atoms with Gasteiger partial charge in [0.25, 0.3) is 0 Å². The fraction of sp³-hybridized carbons (Fsp3) is 0.438. The highest BCUT2D eigenvalue weighted by molar-refractivity contribution is 5.67. The van der Waals surface area contributed by atoms with Crippen LogP contribution in [0.3, 0.4) is 0 Å². The Bertz CT molecular complexity index is 422. The van der Waals surface area contributed by atoms with Crippen molar-refractivity contribution in [2.75, 3.05) is 0 Å². The molecular formula is C16H23N. The van der Waals surface area contributed by atoms with Gasteiger partial charge in [-0.25, -0.2) is 0 Å². The number of nitrogens with zero attached hydrogens (tertiary/aromatic N) is 1. The van der Waals surface area contributed by atoms with Gasteiger partial charge in [0, 0.05) is 0 Å². The van der Waals surface area contributed by atoms with Crippen molar-refractivity contribution < 1.29 is 0 Å². The van der Waals surface area contributed by atoms with Crippen molar-refractivity contribution in [3.8, 4) is 0 Å². The summed E-state index contributed by atoms with van der Waals surface area (Å²) in [5.74, 6) is 0. The minimum absolute atomic E-state index is 0.143. The first-order chi connectivity index (χ1) is 7.93. The molecule has 0 bridgehead atoms. The van der Waals surface area contributed by atoms with Gasteiger partial charge >= 0.3 is 0 Å². The SMILES string of the molecule is C=Cc1cc(CCC)c(C(C)(C)C)cc1N=C. The van der Waals surface area contributed by atoms with E-state index in [0.29, 0.717) is 0 Å². The zero-order chi connectivity index (χ0) is 13.1. The molecule has 92 valence electrons. The van der Waals surface area contributed by atoms with Crippen molar-refractivity contribution in [1.82, 2.24) is 0 Å². The van der Waals surface area contributed by atoms with E-state index in [1.165, 1.54) is 11.1 Å². The van der Waals surface area contributed by atoms with E-state index >= 15 is 0 Å². The van der Waals surface area contributed by atoms with Crippen LogP contribution in [0, 0.1) is 0 Å². The summed E-state index contributed by atoms with van der Waals surface area (Å²) in [4.78, 5) is 4.10. The van der Waals surface area contributed by atoms with E-state index in [4.69, 9.17) is 0 Å². The molecule has 17 heavy (non-hydrogen) atoms. The molecule has 0 saturated heterocycles. The van der Waals surface area contributed by atoms with Gasteiger partial charge in [-0.15, -0.1) is 0 Å². The van der Waals surface area contributed by atoms with E-state index in [0.717, 1.165) is 24.1 Å². The van der Waals surface area contributed by atoms with Crippen molar-refractivity contribution in [3.05, 3.63) is 35.4 Å². The summed E-state index contributed by atoms with van der Waals surface area (Å²) in [6, 6.07) is 4.37. The van der Waals surface area contributed by atoms with Crippen LogP contribution in [0.2, 0.25) is 0 Å². The summed E-state index contributed by atoms with van der Waals surface area (Å²) in [7, 11) is 0. The maximum absolute atomic E-state index is 4.10. The van der Waals surface area contributed by atoms with Gasteiger partial charge in [0.1, 0.15) is 0 Å². The highest BCUT2D eigenvalue weighted by Gasteiger charge is 2.19. The van der Waals surface area contributed by atoms with Crippen molar-refractivity contribution >= 4 is 18.5 Å². The lowest BCUT2D eigenvalue weighted by atomic mass is 9.81. The van der Waals surface area contributed by atoms with E-state index in [1.54, 1.807) is 0 Å².